The van der Waals surface area contributed by atoms with Gasteiger partial charge in [0.15, 0.2) is 17.7 Å². The second-order valence-corrected chi connectivity index (χ2v) is 5.83. The lowest BCUT2D eigenvalue weighted by atomic mass is 10.1. The molecule has 0 aromatic carbocycles. The molecule has 1 atom stereocenters. The number of rotatable bonds is 4. The number of hydrogen-bond acceptors (Lipinski definition) is 8. The van der Waals surface area contributed by atoms with Gasteiger partial charge in [-0.15, -0.1) is 5.10 Å². The molecule has 9 nitrogen and oxygen atoms in total. The highest BCUT2D eigenvalue weighted by Crippen LogP contribution is 2.30. The van der Waals surface area contributed by atoms with Gasteiger partial charge >= 0.3 is 0 Å². The maximum atomic E-state index is 10.7. The van der Waals surface area contributed by atoms with Gasteiger partial charge in [-0.2, -0.15) is 0 Å². The standard InChI is InChI=1S/C16H19N7O2/c1-25-12-3-5-19-7-11(12)21-16(24)13-14(17)22-23-8-9-6-18-4-2-10(9)20-15(13)23/h3,5,7-8,16,18,21,24H,2,4,6H2,1H3,(H2,17,22). The van der Waals surface area contributed by atoms with Crippen LogP contribution < -0.4 is 21.1 Å². The number of aliphatic hydroxyl groups is 1. The molecule has 5 N–H and O–H groups in total. The minimum absolute atomic E-state index is 0.227. The van der Waals surface area contributed by atoms with Crippen LogP contribution in [0.15, 0.2) is 24.7 Å². The second-order valence-electron chi connectivity index (χ2n) is 5.83. The molecule has 3 aromatic heterocycles. The summed E-state index contributed by atoms with van der Waals surface area (Å²) in [6, 6.07) is 1.70. The van der Waals surface area contributed by atoms with Crippen LogP contribution in [0.4, 0.5) is 11.5 Å². The second kappa shape index (κ2) is 6.19. The maximum absolute atomic E-state index is 10.7. The lowest BCUT2D eigenvalue weighted by Gasteiger charge is -2.18. The summed E-state index contributed by atoms with van der Waals surface area (Å²) in [6.07, 6.45) is 4.83. The van der Waals surface area contributed by atoms with Crippen molar-refractivity contribution in [2.75, 3.05) is 24.7 Å². The highest BCUT2D eigenvalue weighted by molar-refractivity contribution is 5.64. The Labute approximate surface area is 143 Å². The zero-order valence-electron chi connectivity index (χ0n) is 13.7. The number of methoxy groups -OCH3 is 1. The number of nitrogens with one attached hydrogen (secondary N) is 2. The lowest BCUT2D eigenvalue weighted by molar-refractivity contribution is 0.209. The number of aromatic nitrogens is 4. The summed E-state index contributed by atoms with van der Waals surface area (Å²) >= 11 is 0. The van der Waals surface area contributed by atoms with Crippen LogP contribution >= 0.6 is 0 Å². The Bertz CT molecular complexity index is 924. The maximum Gasteiger partial charge on any atom is 0.165 e. The largest absolute Gasteiger partial charge is 0.494 e. The van der Waals surface area contributed by atoms with E-state index in [0.717, 1.165) is 30.8 Å². The molecule has 0 radical (unpaired) electrons. The lowest BCUT2D eigenvalue weighted by Crippen LogP contribution is -2.25. The van der Waals surface area contributed by atoms with Gasteiger partial charge in [0.25, 0.3) is 0 Å². The Balaban J connectivity index is 1.73. The number of aliphatic hydroxyl groups excluding tert-OH is 1. The third kappa shape index (κ3) is 2.73. The zero-order valence-corrected chi connectivity index (χ0v) is 13.7. The highest BCUT2D eigenvalue weighted by atomic mass is 16.5. The van der Waals surface area contributed by atoms with E-state index < -0.39 is 6.23 Å². The molecule has 130 valence electrons. The van der Waals surface area contributed by atoms with Crippen LogP contribution in [0.1, 0.15) is 23.0 Å². The topological polar surface area (TPSA) is 123 Å². The highest BCUT2D eigenvalue weighted by Gasteiger charge is 2.23. The van der Waals surface area contributed by atoms with E-state index in [1.54, 1.807) is 30.1 Å². The number of fused-ring (bicyclic) bond motifs is 2. The number of pyridine rings is 1. The van der Waals surface area contributed by atoms with E-state index in [4.69, 9.17) is 10.5 Å². The molecule has 0 aliphatic carbocycles. The number of nitrogen functional groups attached to an aromatic ring is 1. The van der Waals surface area contributed by atoms with Gasteiger partial charge < -0.3 is 26.2 Å². The van der Waals surface area contributed by atoms with Crippen LogP contribution in [0.5, 0.6) is 5.75 Å². The Hall–Kier alpha value is -2.91. The molecule has 4 heterocycles. The molecular weight excluding hydrogens is 322 g/mol. The molecule has 1 aliphatic rings. The van der Waals surface area contributed by atoms with Crippen LogP contribution in [-0.4, -0.2) is 38.3 Å². The summed E-state index contributed by atoms with van der Waals surface area (Å²) in [6.45, 7) is 1.63. The van der Waals surface area contributed by atoms with Gasteiger partial charge in [-0.25, -0.2) is 9.50 Å². The van der Waals surface area contributed by atoms with Crippen LogP contribution in [-0.2, 0) is 13.0 Å². The van der Waals surface area contributed by atoms with E-state index in [2.05, 4.69) is 25.7 Å². The van der Waals surface area contributed by atoms with Gasteiger partial charge in [-0.1, -0.05) is 0 Å². The van der Waals surface area contributed by atoms with E-state index in [9.17, 15) is 5.11 Å². The third-order valence-corrected chi connectivity index (χ3v) is 4.26. The molecule has 3 aromatic rings. The van der Waals surface area contributed by atoms with E-state index in [-0.39, 0.29) is 5.82 Å². The molecule has 9 heteroatoms. The first-order valence-electron chi connectivity index (χ1n) is 7.97. The summed E-state index contributed by atoms with van der Waals surface area (Å²) in [7, 11) is 1.55. The summed E-state index contributed by atoms with van der Waals surface area (Å²) in [5.74, 6) is 0.797. The average Bonchev–Trinajstić information content (AvgIpc) is 2.94. The first kappa shape index (κ1) is 15.6. The van der Waals surface area contributed by atoms with Crippen molar-refractivity contribution in [3.05, 3.63) is 41.5 Å². The Morgan fingerprint density at radius 3 is 3.20 bits per heavy atom. The van der Waals surface area contributed by atoms with Crippen molar-refractivity contribution in [1.29, 1.82) is 0 Å². The van der Waals surface area contributed by atoms with Gasteiger partial charge in [0.05, 0.1) is 30.3 Å². The Morgan fingerprint density at radius 1 is 1.48 bits per heavy atom. The van der Waals surface area contributed by atoms with Crippen molar-refractivity contribution < 1.29 is 9.84 Å². The Kier molecular flexibility index (Phi) is 3.86. The fourth-order valence-corrected chi connectivity index (χ4v) is 3.02. The number of hydrogen-bond donors (Lipinski definition) is 4. The molecule has 1 aliphatic heterocycles. The molecule has 25 heavy (non-hydrogen) atoms. The monoisotopic (exact) mass is 341 g/mol. The van der Waals surface area contributed by atoms with Crippen LogP contribution in [0.25, 0.3) is 5.65 Å². The summed E-state index contributed by atoms with van der Waals surface area (Å²) in [5.41, 5.74) is 9.66. The van der Waals surface area contributed by atoms with Gasteiger partial charge in [-0.05, 0) is 0 Å². The molecule has 4 rings (SSSR count). The number of nitrogens with zero attached hydrogens (tertiary/aromatic N) is 4. The molecule has 0 saturated heterocycles. The number of anilines is 2. The van der Waals surface area contributed by atoms with Gasteiger partial charge in [0.1, 0.15) is 5.75 Å². The molecule has 0 saturated carbocycles. The molecule has 0 spiro atoms. The predicted octanol–water partition coefficient (Wildman–Crippen LogP) is 0.464. The smallest absolute Gasteiger partial charge is 0.165 e. The number of ether oxygens (including phenoxy) is 1. The minimum Gasteiger partial charge on any atom is -0.494 e. The zero-order chi connectivity index (χ0) is 17.4. The summed E-state index contributed by atoms with van der Waals surface area (Å²) < 4.78 is 6.88. The quantitative estimate of drug-likeness (QED) is 0.505. The van der Waals surface area contributed by atoms with Crippen molar-refractivity contribution >= 4 is 17.2 Å². The van der Waals surface area contributed by atoms with E-state index in [1.807, 2.05) is 6.20 Å². The predicted molar refractivity (Wildman–Crippen MR) is 92.2 cm³/mol. The molecule has 0 amide bonds. The molecule has 1 unspecified atom stereocenters. The fraction of sp³-hybridized carbons (Fsp3) is 0.312. The van der Waals surface area contributed by atoms with E-state index >= 15 is 0 Å². The third-order valence-electron chi connectivity index (χ3n) is 4.26. The molecule has 0 bridgehead atoms. The average molecular weight is 341 g/mol. The van der Waals surface area contributed by atoms with Crippen molar-refractivity contribution in [2.45, 2.75) is 19.2 Å². The van der Waals surface area contributed by atoms with Crippen molar-refractivity contribution in [3.8, 4) is 5.75 Å². The normalized spacial score (nSPS) is 15.0. The summed E-state index contributed by atoms with van der Waals surface area (Å²) in [4.78, 5) is 8.72. The summed E-state index contributed by atoms with van der Waals surface area (Å²) in [5, 5.41) is 21.2. The van der Waals surface area contributed by atoms with Crippen molar-refractivity contribution in [3.63, 3.8) is 0 Å². The van der Waals surface area contributed by atoms with Gasteiger partial charge in [0, 0.05) is 43.5 Å². The van der Waals surface area contributed by atoms with E-state index in [0.29, 0.717) is 22.6 Å². The minimum atomic E-state index is -1.09. The van der Waals surface area contributed by atoms with Crippen molar-refractivity contribution in [2.24, 2.45) is 0 Å². The first-order valence-corrected chi connectivity index (χ1v) is 7.97. The first-order chi connectivity index (χ1) is 12.2. The Morgan fingerprint density at radius 2 is 2.36 bits per heavy atom. The molecule has 0 fully saturated rings. The van der Waals surface area contributed by atoms with Crippen LogP contribution in [0.3, 0.4) is 0 Å². The van der Waals surface area contributed by atoms with Crippen molar-refractivity contribution in [1.82, 2.24) is 24.9 Å². The van der Waals surface area contributed by atoms with Crippen LogP contribution in [0.2, 0.25) is 0 Å². The molecular formula is C16H19N7O2. The fourth-order valence-electron chi connectivity index (χ4n) is 3.02. The van der Waals surface area contributed by atoms with Gasteiger partial charge in [0.2, 0.25) is 0 Å². The number of nitrogens with two attached hydrogens (primary N) is 1. The van der Waals surface area contributed by atoms with Crippen LogP contribution in [0, 0.1) is 0 Å². The van der Waals surface area contributed by atoms with Gasteiger partial charge in [-0.3, -0.25) is 4.98 Å². The SMILES string of the molecule is COc1ccncc1NC(O)c1c(N)nn2cc3c(nc12)CCNC3. The van der Waals surface area contributed by atoms with E-state index in [1.165, 1.54) is 0 Å².